The van der Waals surface area contributed by atoms with Crippen molar-refractivity contribution in [1.82, 2.24) is 0 Å². The predicted octanol–water partition coefficient (Wildman–Crippen LogP) is 3.13. The van der Waals surface area contributed by atoms with Crippen molar-refractivity contribution in [3.63, 3.8) is 0 Å². The molecular formula is C11H11F3O2S2. The molecule has 1 spiro atoms. The highest BCUT2D eigenvalue weighted by Gasteiger charge is 2.58. The predicted molar refractivity (Wildman–Crippen MR) is 64.5 cm³/mol. The molecule has 2 bridgehead atoms. The number of ether oxygens (including phenoxy) is 1. The minimum atomic E-state index is -4.59. The van der Waals surface area contributed by atoms with Crippen LogP contribution in [-0.2, 0) is 9.53 Å². The second kappa shape index (κ2) is 4.10. The summed E-state index contributed by atoms with van der Waals surface area (Å²) < 4.78 is 43.7. The van der Waals surface area contributed by atoms with Gasteiger partial charge < -0.3 is 4.74 Å². The Morgan fingerprint density at radius 1 is 1.33 bits per heavy atom. The number of hydrogen-bond donors (Lipinski definition) is 0. The van der Waals surface area contributed by atoms with Crippen LogP contribution in [0.2, 0.25) is 0 Å². The van der Waals surface area contributed by atoms with Gasteiger partial charge in [-0.3, -0.25) is 0 Å². The third-order valence-corrected chi connectivity index (χ3v) is 6.56. The first-order chi connectivity index (χ1) is 8.42. The Hall–Kier alpha value is -0.300. The summed E-state index contributed by atoms with van der Waals surface area (Å²) in [6, 6.07) is 0. The topological polar surface area (TPSA) is 26.3 Å². The maximum absolute atomic E-state index is 12.8. The summed E-state index contributed by atoms with van der Waals surface area (Å²) in [6.45, 7) is 0. The smallest absolute Gasteiger partial charge is 0.423 e. The number of alkyl halides is 3. The van der Waals surface area contributed by atoms with Gasteiger partial charge >= 0.3 is 12.1 Å². The van der Waals surface area contributed by atoms with Crippen LogP contribution in [0.25, 0.3) is 0 Å². The lowest BCUT2D eigenvalue weighted by Gasteiger charge is -2.34. The zero-order chi connectivity index (χ0) is 13.0. The van der Waals surface area contributed by atoms with Gasteiger partial charge in [-0.2, -0.15) is 24.9 Å². The van der Waals surface area contributed by atoms with Gasteiger partial charge in [-0.05, 0) is 29.9 Å². The Morgan fingerprint density at radius 3 is 2.83 bits per heavy atom. The van der Waals surface area contributed by atoms with Gasteiger partial charge in [0.05, 0.1) is 5.25 Å². The first-order valence-electron chi connectivity index (χ1n) is 5.70. The Balaban J connectivity index is 2.02. The molecule has 18 heavy (non-hydrogen) atoms. The van der Waals surface area contributed by atoms with Gasteiger partial charge in [-0.1, -0.05) is 0 Å². The molecule has 0 aromatic carbocycles. The zero-order valence-corrected chi connectivity index (χ0v) is 11.0. The molecule has 3 rings (SSSR count). The maximum atomic E-state index is 12.8. The zero-order valence-electron chi connectivity index (χ0n) is 9.38. The fourth-order valence-electron chi connectivity index (χ4n) is 2.71. The second-order valence-electron chi connectivity index (χ2n) is 4.62. The molecule has 0 aromatic rings. The van der Waals surface area contributed by atoms with Crippen molar-refractivity contribution >= 4 is 29.5 Å². The summed E-state index contributed by atoms with van der Waals surface area (Å²) in [5.74, 6) is 0.582. The van der Waals surface area contributed by atoms with E-state index in [2.05, 4.69) is 0 Å². The third kappa shape index (κ3) is 1.86. The van der Waals surface area contributed by atoms with Gasteiger partial charge in [0, 0.05) is 6.42 Å². The summed E-state index contributed by atoms with van der Waals surface area (Å²) in [6.07, 6.45) is -3.00. The average Bonchev–Trinajstić information content (AvgIpc) is 2.38. The van der Waals surface area contributed by atoms with E-state index in [4.69, 9.17) is 4.74 Å². The van der Waals surface area contributed by atoms with Crippen molar-refractivity contribution in [1.29, 1.82) is 0 Å². The molecule has 1 aliphatic carbocycles. The van der Waals surface area contributed by atoms with Crippen LogP contribution in [-0.4, -0.2) is 33.8 Å². The molecule has 100 valence electrons. The molecule has 1 saturated carbocycles. The van der Waals surface area contributed by atoms with E-state index in [1.807, 2.05) is 0 Å². The van der Waals surface area contributed by atoms with Crippen LogP contribution in [0.5, 0.6) is 0 Å². The summed E-state index contributed by atoms with van der Waals surface area (Å²) in [5, 5.41) is -0.0243. The van der Waals surface area contributed by atoms with Gasteiger partial charge in [-0.25, -0.2) is 4.79 Å². The van der Waals surface area contributed by atoms with Gasteiger partial charge in [0.1, 0.15) is 5.57 Å². The Kier molecular flexibility index (Phi) is 2.89. The minimum absolute atomic E-state index is 0.0243. The summed E-state index contributed by atoms with van der Waals surface area (Å²) in [4.78, 5) is 10.9. The molecule has 3 aliphatic rings. The standard InChI is InChI=1S/C11H11F3O2S2/c12-11(13,14)8-6-4-7-10(5-6,16-9(8)15)18-3-1-2-17-7/h7H,1-5H2. The number of thioether (sulfide) groups is 2. The molecule has 0 amide bonds. The van der Waals surface area contributed by atoms with Crippen molar-refractivity contribution in [2.75, 3.05) is 11.5 Å². The Morgan fingerprint density at radius 2 is 2.11 bits per heavy atom. The van der Waals surface area contributed by atoms with E-state index >= 15 is 0 Å². The van der Waals surface area contributed by atoms with Crippen LogP contribution in [0.15, 0.2) is 11.1 Å². The van der Waals surface area contributed by atoms with E-state index < -0.39 is 22.7 Å². The van der Waals surface area contributed by atoms with E-state index in [1.165, 1.54) is 11.8 Å². The number of carbonyl (C=O) groups is 1. The average molecular weight is 296 g/mol. The fourth-order valence-corrected chi connectivity index (χ4v) is 5.92. The molecule has 2 fully saturated rings. The highest BCUT2D eigenvalue weighted by atomic mass is 32.2. The summed E-state index contributed by atoms with van der Waals surface area (Å²) in [7, 11) is 0. The van der Waals surface area contributed by atoms with Crippen molar-refractivity contribution in [2.24, 2.45) is 0 Å². The quantitative estimate of drug-likeness (QED) is 0.642. The highest BCUT2D eigenvalue weighted by molar-refractivity contribution is 8.04. The molecule has 2 unspecified atom stereocenters. The van der Waals surface area contributed by atoms with E-state index in [1.54, 1.807) is 11.8 Å². The minimum Gasteiger partial charge on any atom is -0.443 e. The summed E-state index contributed by atoms with van der Waals surface area (Å²) in [5.41, 5.74) is -0.812. The second-order valence-corrected chi connectivity index (χ2v) is 7.32. The number of halogens is 3. The Labute approximate surface area is 111 Å². The third-order valence-electron chi connectivity index (χ3n) is 3.44. The molecule has 7 heteroatoms. The van der Waals surface area contributed by atoms with Crippen molar-refractivity contribution < 1.29 is 22.7 Å². The maximum Gasteiger partial charge on any atom is 0.423 e. The van der Waals surface area contributed by atoms with Gasteiger partial charge in [0.15, 0.2) is 4.93 Å². The van der Waals surface area contributed by atoms with E-state index in [9.17, 15) is 18.0 Å². The monoisotopic (exact) mass is 296 g/mol. The molecule has 0 aromatic heterocycles. The lowest BCUT2D eigenvalue weighted by atomic mass is 10.0. The van der Waals surface area contributed by atoms with E-state index in [0.717, 1.165) is 17.9 Å². The van der Waals surface area contributed by atoms with Gasteiger partial charge in [-0.15, -0.1) is 11.8 Å². The van der Waals surface area contributed by atoms with E-state index in [-0.39, 0.29) is 17.2 Å². The first-order valence-corrected chi connectivity index (χ1v) is 7.74. The molecule has 0 radical (unpaired) electrons. The Bertz CT molecular complexity index is 432. The van der Waals surface area contributed by atoms with Crippen molar-refractivity contribution in [2.45, 2.75) is 35.6 Å². The largest absolute Gasteiger partial charge is 0.443 e. The molecule has 1 saturated heterocycles. The fraction of sp³-hybridized carbons (Fsp3) is 0.727. The van der Waals surface area contributed by atoms with E-state index in [0.29, 0.717) is 6.42 Å². The highest BCUT2D eigenvalue weighted by Crippen LogP contribution is 2.57. The van der Waals surface area contributed by atoms with Crippen LogP contribution < -0.4 is 0 Å². The lowest BCUT2D eigenvalue weighted by molar-refractivity contribution is -0.159. The number of rotatable bonds is 0. The number of fused-ring (bicyclic) bond motifs is 1. The molecule has 2 atom stereocenters. The van der Waals surface area contributed by atoms with Gasteiger partial charge in [0.2, 0.25) is 0 Å². The SMILES string of the molecule is O=C1OC23CC(=C1C(F)(F)F)CC2SCCCS3. The van der Waals surface area contributed by atoms with Gasteiger partial charge in [0.25, 0.3) is 0 Å². The molecule has 2 heterocycles. The molecule has 2 aliphatic heterocycles. The summed E-state index contributed by atoms with van der Waals surface area (Å²) >= 11 is 3.15. The van der Waals surface area contributed by atoms with Crippen molar-refractivity contribution in [3.8, 4) is 0 Å². The number of carbonyl (C=O) groups excluding carboxylic acids is 1. The number of hydrogen-bond acceptors (Lipinski definition) is 4. The van der Waals surface area contributed by atoms with Crippen LogP contribution >= 0.6 is 23.5 Å². The molecule has 2 nitrogen and oxygen atoms in total. The molecular weight excluding hydrogens is 285 g/mol. The van der Waals surface area contributed by atoms with Crippen LogP contribution in [0.4, 0.5) is 13.2 Å². The van der Waals surface area contributed by atoms with Crippen LogP contribution in [0, 0.1) is 0 Å². The first kappa shape index (κ1) is 12.7. The van der Waals surface area contributed by atoms with Crippen LogP contribution in [0.1, 0.15) is 19.3 Å². The van der Waals surface area contributed by atoms with Crippen LogP contribution in [0.3, 0.4) is 0 Å². The normalized spacial score (nSPS) is 36.2. The number of esters is 1. The van der Waals surface area contributed by atoms with Crippen molar-refractivity contribution in [3.05, 3.63) is 11.1 Å². The molecule has 0 N–H and O–H groups in total. The lowest BCUT2D eigenvalue weighted by Crippen LogP contribution is -2.41.